The van der Waals surface area contributed by atoms with Crippen LogP contribution in [-0.2, 0) is 0 Å². The number of carbonyl (C=O) groups excluding carboxylic acids is 1. The van der Waals surface area contributed by atoms with Crippen LogP contribution in [0.1, 0.15) is 22.8 Å². The smallest absolute Gasteiger partial charge is 0.196 e. The van der Waals surface area contributed by atoms with Crippen LogP contribution in [0.5, 0.6) is 5.75 Å². The van der Waals surface area contributed by atoms with Crippen molar-refractivity contribution in [3.8, 4) is 5.75 Å². The molecule has 0 spiro atoms. The maximum absolute atomic E-state index is 13.2. The molecule has 2 aromatic carbocycles. The highest BCUT2D eigenvalue weighted by Crippen LogP contribution is 2.27. The molecule has 0 bridgehead atoms. The molecule has 0 atom stereocenters. The molecule has 0 fully saturated rings. The summed E-state index contributed by atoms with van der Waals surface area (Å²) in [5.74, 6) is -0.176. The van der Waals surface area contributed by atoms with E-state index in [4.69, 9.17) is 10.5 Å². The van der Waals surface area contributed by atoms with Crippen LogP contribution in [0.15, 0.2) is 40.9 Å². The largest absolute Gasteiger partial charge is 0.494 e. The third kappa shape index (κ3) is 2.99. The molecule has 5 heteroatoms. The average molecular weight is 338 g/mol. The Hall–Kier alpha value is -1.88. The molecular formula is C15H13BrFNO2. The zero-order valence-corrected chi connectivity index (χ0v) is 12.4. The van der Waals surface area contributed by atoms with Crippen LogP contribution in [0.4, 0.5) is 10.1 Å². The number of hydrogen-bond donors (Lipinski definition) is 1. The number of carbonyl (C=O) groups is 1. The van der Waals surface area contributed by atoms with Gasteiger partial charge in [0.25, 0.3) is 0 Å². The maximum Gasteiger partial charge on any atom is 0.196 e. The predicted molar refractivity (Wildman–Crippen MR) is 79.6 cm³/mol. The number of nitrogen functional groups attached to an aromatic ring is 1. The molecule has 0 aliphatic carbocycles. The topological polar surface area (TPSA) is 52.3 Å². The minimum Gasteiger partial charge on any atom is -0.494 e. The van der Waals surface area contributed by atoms with Crippen molar-refractivity contribution in [3.05, 3.63) is 57.8 Å². The summed E-state index contributed by atoms with van der Waals surface area (Å²) < 4.78 is 19.2. The molecule has 0 radical (unpaired) electrons. The van der Waals surface area contributed by atoms with E-state index < -0.39 is 5.82 Å². The molecule has 2 aromatic rings. The third-order valence-corrected chi connectivity index (χ3v) is 3.41. The lowest BCUT2D eigenvalue weighted by Gasteiger charge is -2.09. The van der Waals surface area contributed by atoms with Crippen molar-refractivity contribution < 1.29 is 13.9 Å². The quantitative estimate of drug-likeness (QED) is 0.681. The fourth-order valence-electron chi connectivity index (χ4n) is 1.81. The third-order valence-electron chi connectivity index (χ3n) is 2.76. The number of nitrogens with two attached hydrogens (primary N) is 1. The van der Waals surface area contributed by atoms with E-state index in [-0.39, 0.29) is 17.0 Å². The molecule has 0 saturated heterocycles. The summed E-state index contributed by atoms with van der Waals surface area (Å²) in [5, 5.41) is 0. The zero-order chi connectivity index (χ0) is 14.7. The van der Waals surface area contributed by atoms with Crippen molar-refractivity contribution >= 4 is 27.4 Å². The van der Waals surface area contributed by atoms with Gasteiger partial charge in [0.2, 0.25) is 0 Å². The molecule has 0 heterocycles. The molecule has 0 saturated carbocycles. The van der Waals surface area contributed by atoms with Gasteiger partial charge in [0.1, 0.15) is 11.6 Å². The number of ether oxygens (including phenoxy) is 1. The molecule has 2 rings (SSSR count). The van der Waals surface area contributed by atoms with E-state index in [1.807, 2.05) is 6.92 Å². The van der Waals surface area contributed by atoms with Crippen molar-refractivity contribution in [2.45, 2.75) is 6.92 Å². The first-order valence-corrected chi connectivity index (χ1v) is 6.84. The molecule has 3 nitrogen and oxygen atoms in total. The summed E-state index contributed by atoms with van der Waals surface area (Å²) in [5.41, 5.74) is 6.53. The van der Waals surface area contributed by atoms with Crippen molar-refractivity contribution in [2.75, 3.05) is 12.3 Å². The first kappa shape index (κ1) is 14.5. The summed E-state index contributed by atoms with van der Waals surface area (Å²) in [6.45, 7) is 2.41. The first-order valence-electron chi connectivity index (χ1n) is 6.05. The highest BCUT2D eigenvalue weighted by molar-refractivity contribution is 9.10. The lowest BCUT2D eigenvalue weighted by atomic mass is 10.0. The molecule has 0 amide bonds. The number of benzene rings is 2. The number of rotatable bonds is 4. The van der Waals surface area contributed by atoms with E-state index in [2.05, 4.69) is 15.9 Å². The number of anilines is 1. The Labute approximate surface area is 124 Å². The summed E-state index contributed by atoms with van der Waals surface area (Å²) in [4.78, 5) is 12.4. The Bertz CT molecular complexity index is 658. The minimum absolute atomic E-state index is 0.148. The van der Waals surface area contributed by atoms with Crippen molar-refractivity contribution in [2.24, 2.45) is 0 Å². The highest BCUT2D eigenvalue weighted by Gasteiger charge is 2.16. The van der Waals surface area contributed by atoms with Crippen molar-refractivity contribution in [1.29, 1.82) is 0 Å². The Balaban J connectivity index is 2.40. The molecule has 20 heavy (non-hydrogen) atoms. The van der Waals surface area contributed by atoms with Crippen LogP contribution >= 0.6 is 15.9 Å². The van der Waals surface area contributed by atoms with Crippen LogP contribution < -0.4 is 10.5 Å². The Morgan fingerprint density at radius 1 is 1.25 bits per heavy atom. The van der Waals surface area contributed by atoms with Gasteiger partial charge in [-0.1, -0.05) is 0 Å². The predicted octanol–water partition coefficient (Wildman–Crippen LogP) is 3.80. The van der Waals surface area contributed by atoms with Gasteiger partial charge in [-0.15, -0.1) is 0 Å². The number of ketones is 1. The van der Waals surface area contributed by atoms with Gasteiger partial charge in [0.05, 0.1) is 6.61 Å². The molecular weight excluding hydrogens is 325 g/mol. The van der Waals surface area contributed by atoms with Crippen LogP contribution in [0, 0.1) is 5.82 Å². The lowest BCUT2D eigenvalue weighted by molar-refractivity contribution is 0.103. The van der Waals surface area contributed by atoms with Gasteiger partial charge in [-0.2, -0.15) is 0 Å². The molecule has 2 N–H and O–H groups in total. The van der Waals surface area contributed by atoms with Crippen LogP contribution in [0.3, 0.4) is 0 Å². The second kappa shape index (κ2) is 6.05. The highest BCUT2D eigenvalue weighted by atomic mass is 79.9. The van der Waals surface area contributed by atoms with E-state index in [9.17, 15) is 9.18 Å². The molecule has 0 aliphatic heterocycles. The Kier molecular flexibility index (Phi) is 4.39. The van der Waals surface area contributed by atoms with Crippen LogP contribution in [0.25, 0.3) is 0 Å². The van der Waals surface area contributed by atoms with E-state index in [0.29, 0.717) is 22.4 Å². The van der Waals surface area contributed by atoms with Gasteiger partial charge in [0, 0.05) is 21.3 Å². The first-order chi connectivity index (χ1) is 9.52. The van der Waals surface area contributed by atoms with Gasteiger partial charge in [-0.25, -0.2) is 4.39 Å². The monoisotopic (exact) mass is 337 g/mol. The number of hydrogen-bond acceptors (Lipinski definition) is 3. The zero-order valence-electron chi connectivity index (χ0n) is 10.8. The van der Waals surface area contributed by atoms with Gasteiger partial charge < -0.3 is 10.5 Å². The summed E-state index contributed by atoms with van der Waals surface area (Å²) in [7, 11) is 0. The summed E-state index contributed by atoms with van der Waals surface area (Å²) in [6.07, 6.45) is 0. The second-order valence-electron chi connectivity index (χ2n) is 4.14. The summed E-state index contributed by atoms with van der Waals surface area (Å²) in [6, 6.07) is 8.76. The number of halogens is 2. The average Bonchev–Trinajstić information content (AvgIpc) is 2.41. The molecule has 104 valence electrons. The van der Waals surface area contributed by atoms with Crippen molar-refractivity contribution in [3.63, 3.8) is 0 Å². The van der Waals surface area contributed by atoms with Crippen LogP contribution in [0.2, 0.25) is 0 Å². The van der Waals surface area contributed by atoms with E-state index in [1.165, 1.54) is 12.1 Å². The second-order valence-corrected chi connectivity index (χ2v) is 4.99. The SMILES string of the molecule is CCOc1ccc(C(=O)c2cc(F)ccc2N)c(Br)c1. The fourth-order valence-corrected chi connectivity index (χ4v) is 2.34. The van der Waals surface area contributed by atoms with Crippen LogP contribution in [-0.4, -0.2) is 12.4 Å². The maximum atomic E-state index is 13.2. The fraction of sp³-hybridized carbons (Fsp3) is 0.133. The van der Waals surface area contributed by atoms with Gasteiger partial charge in [-0.05, 0) is 59.3 Å². The molecule has 0 aromatic heterocycles. The summed E-state index contributed by atoms with van der Waals surface area (Å²) >= 11 is 3.32. The minimum atomic E-state index is -0.496. The van der Waals surface area contributed by atoms with Crippen molar-refractivity contribution in [1.82, 2.24) is 0 Å². The van der Waals surface area contributed by atoms with E-state index >= 15 is 0 Å². The Morgan fingerprint density at radius 2 is 2.00 bits per heavy atom. The normalized spacial score (nSPS) is 10.3. The molecule has 0 unspecified atom stereocenters. The standard InChI is InChI=1S/C15H13BrFNO2/c1-2-20-10-4-5-11(13(16)8-10)15(19)12-7-9(17)3-6-14(12)18/h3-8H,2,18H2,1H3. The molecule has 0 aliphatic rings. The van der Waals surface area contributed by atoms with E-state index in [0.717, 1.165) is 6.07 Å². The van der Waals surface area contributed by atoms with E-state index in [1.54, 1.807) is 18.2 Å². The van der Waals surface area contributed by atoms with Gasteiger partial charge in [0.15, 0.2) is 5.78 Å². The Morgan fingerprint density at radius 3 is 2.65 bits per heavy atom. The lowest BCUT2D eigenvalue weighted by Crippen LogP contribution is -2.07. The van der Waals surface area contributed by atoms with Gasteiger partial charge >= 0.3 is 0 Å². The van der Waals surface area contributed by atoms with Gasteiger partial charge in [-0.3, -0.25) is 4.79 Å².